The van der Waals surface area contributed by atoms with Gasteiger partial charge in [-0.1, -0.05) is 24.3 Å². The van der Waals surface area contributed by atoms with Gasteiger partial charge in [0.2, 0.25) is 0 Å². The highest BCUT2D eigenvalue weighted by molar-refractivity contribution is 5.76. The third kappa shape index (κ3) is 2.05. The largest absolute Gasteiger partial charge is 0.277 e. The molecule has 21 heavy (non-hydrogen) atoms. The van der Waals surface area contributed by atoms with E-state index in [4.69, 9.17) is 0 Å². The number of aromatic amines is 1. The molecule has 0 fully saturated rings. The van der Waals surface area contributed by atoms with Gasteiger partial charge in [-0.05, 0) is 49.1 Å². The van der Waals surface area contributed by atoms with E-state index < -0.39 is 0 Å². The van der Waals surface area contributed by atoms with E-state index >= 15 is 0 Å². The van der Waals surface area contributed by atoms with Crippen LogP contribution in [0.5, 0.6) is 0 Å². The monoisotopic (exact) mass is 278 g/mol. The van der Waals surface area contributed by atoms with Gasteiger partial charge in [0.15, 0.2) is 0 Å². The predicted molar refractivity (Wildman–Crippen MR) is 81.4 cm³/mol. The minimum Gasteiger partial charge on any atom is -0.277 e. The summed E-state index contributed by atoms with van der Waals surface area (Å²) in [5.74, 6) is -0.217. The topological polar surface area (TPSA) is 28.7 Å². The average molecular weight is 278 g/mol. The van der Waals surface area contributed by atoms with Crippen molar-refractivity contribution in [2.45, 2.75) is 19.3 Å². The van der Waals surface area contributed by atoms with Crippen LogP contribution in [0.25, 0.3) is 22.5 Å². The van der Waals surface area contributed by atoms with Gasteiger partial charge in [-0.2, -0.15) is 5.10 Å². The van der Waals surface area contributed by atoms with E-state index in [1.54, 1.807) is 12.1 Å². The summed E-state index contributed by atoms with van der Waals surface area (Å²) >= 11 is 0. The molecule has 2 nitrogen and oxygen atoms in total. The number of fused-ring (bicyclic) bond motifs is 3. The maximum Gasteiger partial charge on any atom is 0.123 e. The second kappa shape index (κ2) is 4.85. The van der Waals surface area contributed by atoms with E-state index in [0.29, 0.717) is 0 Å². The Morgan fingerprint density at radius 3 is 2.62 bits per heavy atom. The van der Waals surface area contributed by atoms with Crippen LogP contribution in [-0.2, 0) is 12.8 Å². The van der Waals surface area contributed by atoms with E-state index in [1.165, 1.54) is 28.8 Å². The SMILES string of the molecule is Fc1ccc(-c2n[nH]c3c2CCCc2ccccc2-3)cc1. The van der Waals surface area contributed by atoms with Gasteiger partial charge >= 0.3 is 0 Å². The standard InChI is InChI=1S/C18H15FN2/c19-14-10-8-13(9-11-14)17-16-7-3-5-12-4-1-2-6-15(12)18(16)21-20-17/h1-2,4,6,8-11H,3,5,7H2,(H,20,21). The number of rotatable bonds is 1. The molecule has 3 aromatic rings. The summed E-state index contributed by atoms with van der Waals surface area (Å²) in [5, 5.41) is 7.68. The summed E-state index contributed by atoms with van der Waals surface area (Å²) in [4.78, 5) is 0. The molecule has 1 aromatic heterocycles. The quantitative estimate of drug-likeness (QED) is 0.703. The lowest BCUT2D eigenvalue weighted by Gasteiger charge is -2.04. The fourth-order valence-electron chi connectivity index (χ4n) is 3.12. The molecule has 0 aliphatic heterocycles. The number of hydrogen-bond donors (Lipinski definition) is 1. The Bertz CT molecular complexity index is 787. The van der Waals surface area contributed by atoms with Crippen LogP contribution in [-0.4, -0.2) is 10.2 Å². The molecule has 0 amide bonds. The third-order valence-corrected chi connectivity index (χ3v) is 4.14. The van der Waals surface area contributed by atoms with Crippen molar-refractivity contribution in [3.05, 3.63) is 65.5 Å². The highest BCUT2D eigenvalue weighted by atomic mass is 19.1. The number of nitrogens with one attached hydrogen (secondary N) is 1. The number of aryl methyl sites for hydroxylation is 1. The maximum atomic E-state index is 13.1. The summed E-state index contributed by atoms with van der Waals surface area (Å²) in [6, 6.07) is 15.0. The minimum atomic E-state index is -0.217. The van der Waals surface area contributed by atoms with Gasteiger partial charge in [-0.15, -0.1) is 0 Å². The van der Waals surface area contributed by atoms with Crippen LogP contribution in [0.1, 0.15) is 17.5 Å². The number of benzene rings is 2. The number of aromatic nitrogens is 2. The van der Waals surface area contributed by atoms with Crippen LogP contribution >= 0.6 is 0 Å². The van der Waals surface area contributed by atoms with Crippen LogP contribution in [0.15, 0.2) is 48.5 Å². The summed E-state index contributed by atoms with van der Waals surface area (Å²) in [5.41, 5.74) is 6.88. The van der Waals surface area contributed by atoms with Crippen molar-refractivity contribution in [2.24, 2.45) is 0 Å². The van der Waals surface area contributed by atoms with Gasteiger partial charge in [0, 0.05) is 16.7 Å². The molecular formula is C18H15FN2. The zero-order valence-electron chi connectivity index (χ0n) is 11.6. The van der Waals surface area contributed by atoms with Gasteiger partial charge in [0.25, 0.3) is 0 Å². The highest BCUT2D eigenvalue weighted by Gasteiger charge is 2.20. The van der Waals surface area contributed by atoms with Crippen LogP contribution in [0.4, 0.5) is 4.39 Å². The molecule has 1 heterocycles. The molecule has 1 aliphatic rings. The molecule has 0 unspecified atom stereocenters. The lowest BCUT2D eigenvalue weighted by atomic mass is 10.00. The first kappa shape index (κ1) is 12.3. The second-order valence-corrected chi connectivity index (χ2v) is 5.44. The molecule has 0 radical (unpaired) electrons. The van der Waals surface area contributed by atoms with Crippen LogP contribution in [0, 0.1) is 5.82 Å². The Hall–Kier alpha value is -2.42. The van der Waals surface area contributed by atoms with Crippen molar-refractivity contribution in [1.29, 1.82) is 0 Å². The Balaban J connectivity index is 1.88. The van der Waals surface area contributed by atoms with Crippen molar-refractivity contribution in [2.75, 3.05) is 0 Å². The van der Waals surface area contributed by atoms with Gasteiger partial charge in [0.05, 0.1) is 11.4 Å². The lowest BCUT2D eigenvalue weighted by Crippen LogP contribution is -1.89. The molecule has 1 aliphatic carbocycles. The summed E-state index contributed by atoms with van der Waals surface area (Å²) < 4.78 is 13.1. The van der Waals surface area contributed by atoms with E-state index in [0.717, 1.165) is 36.2 Å². The number of H-pyrrole nitrogens is 1. The lowest BCUT2D eigenvalue weighted by molar-refractivity contribution is 0.628. The smallest absolute Gasteiger partial charge is 0.123 e. The summed E-state index contributed by atoms with van der Waals surface area (Å²) in [6.07, 6.45) is 3.19. The van der Waals surface area contributed by atoms with Gasteiger partial charge in [0.1, 0.15) is 5.82 Å². The third-order valence-electron chi connectivity index (χ3n) is 4.14. The molecule has 104 valence electrons. The minimum absolute atomic E-state index is 0.217. The molecule has 4 rings (SSSR count). The Labute approximate surface area is 122 Å². The first-order valence-corrected chi connectivity index (χ1v) is 7.24. The highest BCUT2D eigenvalue weighted by Crippen LogP contribution is 2.35. The average Bonchev–Trinajstić information content (AvgIpc) is 2.84. The molecule has 0 saturated carbocycles. The van der Waals surface area contributed by atoms with Crippen molar-refractivity contribution in [3.8, 4) is 22.5 Å². The predicted octanol–water partition coefficient (Wildman–Crippen LogP) is 4.37. The fraction of sp³-hybridized carbons (Fsp3) is 0.167. The van der Waals surface area contributed by atoms with Crippen LogP contribution < -0.4 is 0 Å². The normalized spacial score (nSPS) is 13.4. The van der Waals surface area contributed by atoms with E-state index in [2.05, 4.69) is 34.5 Å². The zero-order chi connectivity index (χ0) is 14.2. The van der Waals surface area contributed by atoms with E-state index in [-0.39, 0.29) is 5.82 Å². The Morgan fingerprint density at radius 1 is 0.952 bits per heavy atom. The number of hydrogen-bond acceptors (Lipinski definition) is 1. The summed E-state index contributed by atoms with van der Waals surface area (Å²) in [6.45, 7) is 0. The first-order valence-electron chi connectivity index (χ1n) is 7.24. The zero-order valence-corrected chi connectivity index (χ0v) is 11.6. The van der Waals surface area contributed by atoms with Crippen LogP contribution in [0.2, 0.25) is 0 Å². The molecule has 0 bridgehead atoms. The maximum absolute atomic E-state index is 13.1. The number of nitrogens with zero attached hydrogens (tertiary/aromatic N) is 1. The summed E-state index contributed by atoms with van der Waals surface area (Å²) in [7, 11) is 0. The number of halogens is 1. The molecule has 3 heteroatoms. The fourth-order valence-corrected chi connectivity index (χ4v) is 3.12. The van der Waals surface area contributed by atoms with Crippen molar-refractivity contribution >= 4 is 0 Å². The molecule has 0 atom stereocenters. The van der Waals surface area contributed by atoms with Crippen LogP contribution in [0.3, 0.4) is 0 Å². The van der Waals surface area contributed by atoms with E-state index in [9.17, 15) is 4.39 Å². The molecule has 1 N–H and O–H groups in total. The van der Waals surface area contributed by atoms with Crippen molar-refractivity contribution in [1.82, 2.24) is 10.2 Å². The first-order chi connectivity index (χ1) is 10.3. The second-order valence-electron chi connectivity index (χ2n) is 5.44. The molecule has 0 saturated heterocycles. The Kier molecular flexibility index (Phi) is 2.85. The van der Waals surface area contributed by atoms with E-state index in [1.807, 2.05) is 0 Å². The van der Waals surface area contributed by atoms with Gasteiger partial charge in [-0.25, -0.2) is 4.39 Å². The van der Waals surface area contributed by atoms with Gasteiger partial charge < -0.3 is 0 Å². The Morgan fingerprint density at radius 2 is 1.76 bits per heavy atom. The molecule has 0 spiro atoms. The van der Waals surface area contributed by atoms with Crippen molar-refractivity contribution in [3.63, 3.8) is 0 Å². The van der Waals surface area contributed by atoms with Gasteiger partial charge in [-0.3, -0.25) is 5.10 Å². The molecule has 2 aromatic carbocycles. The van der Waals surface area contributed by atoms with Crippen molar-refractivity contribution < 1.29 is 4.39 Å². The molecular weight excluding hydrogens is 263 g/mol.